The molecule has 162 valence electrons. The summed E-state index contributed by atoms with van der Waals surface area (Å²) in [6.45, 7) is -0.271. The number of hydrogen-bond donors (Lipinski definition) is 3. The number of carbonyl (C=O) groups is 3. The number of amides is 3. The molecule has 0 saturated carbocycles. The summed E-state index contributed by atoms with van der Waals surface area (Å²) in [6.07, 6.45) is -0.0768. The second-order valence-corrected chi connectivity index (χ2v) is 8.32. The Bertz CT molecular complexity index is 1180. The van der Waals surface area contributed by atoms with Gasteiger partial charge < -0.3 is 5.32 Å². The van der Waals surface area contributed by atoms with Gasteiger partial charge in [0.15, 0.2) is 0 Å². The highest BCUT2D eigenvalue weighted by Gasteiger charge is 2.41. The molecule has 0 saturated heterocycles. The molecule has 0 bridgehead atoms. The van der Waals surface area contributed by atoms with Crippen LogP contribution in [0.3, 0.4) is 0 Å². The van der Waals surface area contributed by atoms with Crippen molar-refractivity contribution in [2.45, 2.75) is 17.7 Å². The number of nitro groups is 1. The van der Waals surface area contributed by atoms with Gasteiger partial charge in [-0.2, -0.15) is 0 Å². The van der Waals surface area contributed by atoms with Gasteiger partial charge in [0.2, 0.25) is 5.91 Å². The molecular weight excluding hydrogens is 432 g/mol. The van der Waals surface area contributed by atoms with E-state index in [4.69, 9.17) is 5.21 Å². The van der Waals surface area contributed by atoms with E-state index in [1.54, 1.807) is 0 Å². The SMILES string of the molecule is O=C(CCCN1C(=O)c2ccc([N+](=O)[O-])cc2S1(=O)=O)Nc1ccc(C(=O)NO)cc1. The number of hydrogen-bond acceptors (Lipinski definition) is 8. The average Bonchev–Trinajstić information content (AvgIpc) is 2.93. The molecular formula is C18H16N4O8S. The Morgan fingerprint density at radius 2 is 1.81 bits per heavy atom. The lowest BCUT2D eigenvalue weighted by Crippen LogP contribution is -2.31. The predicted molar refractivity (Wildman–Crippen MR) is 105 cm³/mol. The summed E-state index contributed by atoms with van der Waals surface area (Å²) in [7, 11) is -4.23. The molecule has 12 nitrogen and oxygen atoms in total. The van der Waals surface area contributed by atoms with Gasteiger partial charge in [0, 0.05) is 36.3 Å². The lowest BCUT2D eigenvalue weighted by atomic mass is 10.2. The summed E-state index contributed by atoms with van der Waals surface area (Å²) in [5.41, 5.74) is 1.44. The van der Waals surface area contributed by atoms with Gasteiger partial charge in [-0.25, -0.2) is 18.2 Å². The van der Waals surface area contributed by atoms with Gasteiger partial charge in [-0.05, 0) is 36.8 Å². The van der Waals surface area contributed by atoms with Crippen LogP contribution in [-0.4, -0.2) is 47.1 Å². The monoisotopic (exact) mass is 448 g/mol. The molecule has 13 heteroatoms. The molecule has 1 aliphatic rings. The summed E-state index contributed by atoms with van der Waals surface area (Å²) >= 11 is 0. The fourth-order valence-corrected chi connectivity index (χ4v) is 4.60. The van der Waals surface area contributed by atoms with Crippen LogP contribution in [0.15, 0.2) is 47.4 Å². The van der Waals surface area contributed by atoms with Gasteiger partial charge in [-0.1, -0.05) is 0 Å². The highest BCUT2D eigenvalue weighted by atomic mass is 32.2. The number of nitro benzene ring substituents is 1. The lowest BCUT2D eigenvalue weighted by Gasteiger charge is -2.14. The summed E-state index contributed by atoms with van der Waals surface area (Å²) in [5.74, 6) is -1.96. The summed E-state index contributed by atoms with van der Waals surface area (Å²) in [4.78, 5) is 45.4. The highest BCUT2D eigenvalue weighted by Crippen LogP contribution is 2.33. The van der Waals surface area contributed by atoms with Crippen LogP contribution in [0.1, 0.15) is 33.6 Å². The third-order valence-electron chi connectivity index (χ3n) is 4.50. The number of fused-ring (bicyclic) bond motifs is 1. The van der Waals surface area contributed by atoms with Gasteiger partial charge in [0.1, 0.15) is 4.90 Å². The molecule has 0 aliphatic carbocycles. The smallest absolute Gasteiger partial charge is 0.274 e. The third-order valence-corrected chi connectivity index (χ3v) is 6.32. The Labute approximate surface area is 175 Å². The molecule has 0 atom stereocenters. The Hall–Kier alpha value is -3.84. The fraction of sp³-hybridized carbons (Fsp3) is 0.167. The zero-order chi connectivity index (χ0) is 22.8. The van der Waals surface area contributed by atoms with Crippen LogP contribution in [0.4, 0.5) is 11.4 Å². The van der Waals surface area contributed by atoms with Gasteiger partial charge in [0.25, 0.3) is 27.5 Å². The van der Waals surface area contributed by atoms with Crippen LogP contribution in [-0.2, 0) is 14.8 Å². The Morgan fingerprint density at radius 3 is 2.42 bits per heavy atom. The largest absolute Gasteiger partial charge is 0.326 e. The fourth-order valence-electron chi connectivity index (χ4n) is 2.97. The van der Waals surface area contributed by atoms with E-state index in [2.05, 4.69) is 5.32 Å². The van der Waals surface area contributed by atoms with Crippen LogP contribution in [0.5, 0.6) is 0 Å². The molecule has 1 aliphatic heterocycles. The van der Waals surface area contributed by atoms with Crippen molar-refractivity contribution in [1.29, 1.82) is 0 Å². The minimum Gasteiger partial charge on any atom is -0.326 e. The molecule has 3 rings (SSSR count). The number of nitrogens with zero attached hydrogens (tertiary/aromatic N) is 2. The highest BCUT2D eigenvalue weighted by molar-refractivity contribution is 7.90. The number of nitrogens with one attached hydrogen (secondary N) is 2. The van der Waals surface area contributed by atoms with Gasteiger partial charge in [-0.15, -0.1) is 0 Å². The summed E-state index contributed by atoms with van der Waals surface area (Å²) in [6, 6.07) is 8.65. The molecule has 2 aromatic rings. The maximum Gasteiger partial charge on any atom is 0.274 e. The van der Waals surface area contributed by atoms with E-state index >= 15 is 0 Å². The first-order valence-corrected chi connectivity index (χ1v) is 10.3. The number of non-ortho nitro benzene ring substituents is 1. The number of anilines is 1. The molecule has 1 heterocycles. The van der Waals surface area contributed by atoms with Crippen molar-refractivity contribution in [3.8, 4) is 0 Å². The van der Waals surface area contributed by atoms with E-state index in [-0.39, 0.29) is 30.5 Å². The molecule has 3 N–H and O–H groups in total. The van der Waals surface area contributed by atoms with E-state index in [9.17, 15) is 32.9 Å². The van der Waals surface area contributed by atoms with Crippen molar-refractivity contribution in [1.82, 2.24) is 9.79 Å². The lowest BCUT2D eigenvalue weighted by molar-refractivity contribution is -0.385. The number of carbonyl (C=O) groups excluding carboxylic acids is 3. The molecule has 2 aromatic carbocycles. The standard InChI is InChI=1S/C18H16N4O8S/c23-16(19-12-5-3-11(4-6-12)17(24)20-26)2-1-9-21-18(25)14-8-7-13(22(27)28)10-15(14)31(21,29)30/h3-8,10,26H,1-2,9H2,(H,19,23)(H,20,24). The molecule has 0 fully saturated rings. The average molecular weight is 448 g/mol. The molecule has 31 heavy (non-hydrogen) atoms. The van der Waals surface area contributed by atoms with E-state index in [1.165, 1.54) is 29.7 Å². The van der Waals surface area contributed by atoms with Crippen molar-refractivity contribution in [2.75, 3.05) is 11.9 Å². The third kappa shape index (κ3) is 4.36. The maximum absolute atomic E-state index is 12.6. The van der Waals surface area contributed by atoms with E-state index in [1.807, 2.05) is 0 Å². The van der Waals surface area contributed by atoms with E-state index in [0.717, 1.165) is 18.2 Å². The first-order valence-electron chi connectivity index (χ1n) is 8.85. The van der Waals surface area contributed by atoms with E-state index in [0.29, 0.717) is 9.99 Å². The first-order chi connectivity index (χ1) is 14.6. The van der Waals surface area contributed by atoms with Crippen molar-refractivity contribution >= 4 is 39.1 Å². The van der Waals surface area contributed by atoms with Crippen molar-refractivity contribution < 1.29 is 32.9 Å². The first kappa shape index (κ1) is 21.9. The van der Waals surface area contributed by atoms with Gasteiger partial charge in [0.05, 0.1) is 10.5 Å². The Morgan fingerprint density at radius 1 is 1.13 bits per heavy atom. The number of sulfonamides is 1. The molecule has 3 amide bonds. The zero-order valence-electron chi connectivity index (χ0n) is 15.8. The van der Waals surface area contributed by atoms with Crippen molar-refractivity contribution in [3.05, 3.63) is 63.7 Å². The Balaban J connectivity index is 1.60. The topological polar surface area (TPSA) is 176 Å². The van der Waals surface area contributed by atoms with Crippen LogP contribution in [0.2, 0.25) is 0 Å². The number of hydroxylamine groups is 1. The summed E-state index contributed by atoms with van der Waals surface area (Å²) < 4.78 is 25.8. The maximum atomic E-state index is 12.6. The van der Waals surface area contributed by atoms with Gasteiger partial charge in [-0.3, -0.25) is 29.7 Å². The minimum absolute atomic E-state index is 0.0257. The molecule has 0 aromatic heterocycles. The van der Waals surface area contributed by atoms with Crippen LogP contribution in [0.25, 0.3) is 0 Å². The zero-order valence-corrected chi connectivity index (χ0v) is 16.6. The predicted octanol–water partition coefficient (Wildman–Crippen LogP) is 1.28. The normalized spacial score (nSPS) is 14.1. The van der Waals surface area contributed by atoms with Gasteiger partial charge >= 0.3 is 0 Å². The summed E-state index contributed by atoms with van der Waals surface area (Å²) in [5, 5.41) is 22.0. The van der Waals surface area contributed by atoms with Crippen molar-refractivity contribution in [3.63, 3.8) is 0 Å². The second kappa shape index (κ2) is 8.49. The molecule has 0 radical (unpaired) electrons. The molecule has 0 spiro atoms. The quantitative estimate of drug-likeness (QED) is 0.322. The molecule has 0 unspecified atom stereocenters. The van der Waals surface area contributed by atoms with Crippen LogP contribution >= 0.6 is 0 Å². The second-order valence-electron chi connectivity index (χ2n) is 6.49. The number of rotatable bonds is 7. The van der Waals surface area contributed by atoms with Crippen LogP contribution < -0.4 is 10.8 Å². The minimum atomic E-state index is -4.23. The van der Waals surface area contributed by atoms with E-state index < -0.39 is 43.3 Å². The van der Waals surface area contributed by atoms with Crippen LogP contribution in [0, 0.1) is 10.1 Å². The number of benzene rings is 2. The Kier molecular flexibility index (Phi) is 5.99. The van der Waals surface area contributed by atoms with Crippen molar-refractivity contribution in [2.24, 2.45) is 0 Å².